The van der Waals surface area contributed by atoms with Gasteiger partial charge in [-0.05, 0) is 42.0 Å². The maximum atomic E-state index is 13.8. The predicted molar refractivity (Wildman–Crippen MR) is 132 cm³/mol. The molecule has 0 saturated heterocycles. The number of aromatic nitrogens is 5. The monoisotopic (exact) mass is 458 g/mol. The van der Waals surface area contributed by atoms with Gasteiger partial charge in [-0.15, -0.1) is 0 Å². The molecule has 0 saturated carbocycles. The van der Waals surface area contributed by atoms with Crippen molar-refractivity contribution in [3.05, 3.63) is 88.3 Å². The van der Waals surface area contributed by atoms with Gasteiger partial charge in [0.25, 0.3) is 5.56 Å². The van der Waals surface area contributed by atoms with Crippen LogP contribution in [0, 0.1) is 5.92 Å². The molecule has 33 heavy (non-hydrogen) atoms. The van der Waals surface area contributed by atoms with E-state index in [0.717, 1.165) is 28.7 Å². The summed E-state index contributed by atoms with van der Waals surface area (Å²) in [7, 11) is 0. The zero-order valence-corrected chi connectivity index (χ0v) is 19.0. The second-order valence-corrected chi connectivity index (χ2v) is 8.81. The molecule has 0 spiro atoms. The van der Waals surface area contributed by atoms with Crippen molar-refractivity contribution in [2.45, 2.75) is 26.3 Å². The molecule has 5 rings (SSSR count). The van der Waals surface area contributed by atoms with Gasteiger partial charge in [-0.25, -0.2) is 15.0 Å². The maximum absolute atomic E-state index is 13.8. The molecule has 7 nitrogen and oxygen atoms in total. The molecule has 0 bridgehead atoms. The average molecular weight is 459 g/mol. The van der Waals surface area contributed by atoms with E-state index in [0.29, 0.717) is 27.8 Å². The molecule has 3 heterocycles. The Kier molecular flexibility index (Phi) is 5.56. The molecular formula is C25H23ClN6O. The molecule has 0 aliphatic carbocycles. The molecule has 0 radical (unpaired) electrons. The largest absolute Gasteiger partial charge is 0.360 e. The van der Waals surface area contributed by atoms with Crippen LogP contribution >= 0.6 is 11.6 Å². The Morgan fingerprint density at radius 1 is 1.06 bits per heavy atom. The van der Waals surface area contributed by atoms with Crippen LogP contribution in [-0.4, -0.2) is 24.5 Å². The number of halogens is 1. The van der Waals surface area contributed by atoms with Crippen LogP contribution in [0.5, 0.6) is 0 Å². The van der Waals surface area contributed by atoms with Gasteiger partial charge in [0.05, 0.1) is 22.8 Å². The summed E-state index contributed by atoms with van der Waals surface area (Å²) in [6, 6.07) is 17.0. The van der Waals surface area contributed by atoms with E-state index >= 15 is 0 Å². The Bertz CT molecular complexity index is 1490. The first-order valence-electron chi connectivity index (χ1n) is 10.8. The van der Waals surface area contributed by atoms with Crippen molar-refractivity contribution in [1.82, 2.24) is 24.5 Å². The second-order valence-electron chi connectivity index (χ2n) is 8.40. The number of aromatic amines is 1. The number of hydrogen-bond acceptors (Lipinski definition) is 5. The van der Waals surface area contributed by atoms with Crippen molar-refractivity contribution >= 4 is 39.4 Å². The van der Waals surface area contributed by atoms with Gasteiger partial charge < -0.3 is 10.3 Å². The molecule has 0 amide bonds. The maximum Gasteiger partial charge on any atom is 0.264 e. The summed E-state index contributed by atoms with van der Waals surface area (Å²) in [5, 5.41) is 5.31. The van der Waals surface area contributed by atoms with Gasteiger partial charge in [-0.3, -0.25) is 9.36 Å². The lowest BCUT2D eigenvalue weighted by atomic mass is 9.98. The smallest absolute Gasteiger partial charge is 0.264 e. The number of nitrogens with zero attached hydrogens (tertiary/aromatic N) is 4. The number of fused-ring (bicyclic) bond motifs is 2. The number of imidazole rings is 1. The minimum absolute atomic E-state index is 0.149. The van der Waals surface area contributed by atoms with E-state index in [9.17, 15) is 4.79 Å². The lowest BCUT2D eigenvalue weighted by molar-refractivity contribution is 0.516. The summed E-state index contributed by atoms with van der Waals surface area (Å²) in [6.45, 7) is 4.31. The van der Waals surface area contributed by atoms with Gasteiger partial charge in [-0.2, -0.15) is 0 Å². The molecule has 1 atom stereocenters. The van der Waals surface area contributed by atoms with Crippen LogP contribution in [0.25, 0.3) is 27.6 Å². The quantitative estimate of drug-likeness (QED) is 0.350. The second kappa shape index (κ2) is 8.67. The lowest BCUT2D eigenvalue weighted by Gasteiger charge is -2.26. The van der Waals surface area contributed by atoms with Gasteiger partial charge in [-0.1, -0.05) is 55.8 Å². The number of pyridine rings is 1. The number of rotatable bonds is 6. The first kappa shape index (κ1) is 21.2. The zero-order valence-electron chi connectivity index (χ0n) is 18.3. The van der Waals surface area contributed by atoms with Gasteiger partial charge >= 0.3 is 0 Å². The number of nitrogens with one attached hydrogen (secondary N) is 2. The third kappa shape index (κ3) is 3.96. The average Bonchev–Trinajstić information content (AvgIpc) is 3.29. The summed E-state index contributed by atoms with van der Waals surface area (Å²) in [5.74, 6) is 0.998. The van der Waals surface area contributed by atoms with Crippen molar-refractivity contribution in [1.29, 1.82) is 0 Å². The van der Waals surface area contributed by atoms with E-state index in [1.165, 1.54) is 6.33 Å². The first-order chi connectivity index (χ1) is 16.0. The fourth-order valence-electron chi connectivity index (χ4n) is 4.20. The van der Waals surface area contributed by atoms with E-state index in [2.05, 4.69) is 39.1 Å². The Labute approximate surface area is 195 Å². The predicted octanol–water partition coefficient (Wildman–Crippen LogP) is 5.51. The fourth-order valence-corrected chi connectivity index (χ4v) is 4.47. The van der Waals surface area contributed by atoms with Crippen LogP contribution < -0.4 is 10.9 Å². The number of hydrogen-bond donors (Lipinski definition) is 2. The normalized spacial score (nSPS) is 12.5. The summed E-state index contributed by atoms with van der Waals surface area (Å²) < 4.78 is 1.75. The Morgan fingerprint density at radius 2 is 1.88 bits per heavy atom. The van der Waals surface area contributed by atoms with Crippen LogP contribution in [0.3, 0.4) is 0 Å². The highest BCUT2D eigenvalue weighted by Gasteiger charge is 2.23. The van der Waals surface area contributed by atoms with Gasteiger partial charge in [0.2, 0.25) is 0 Å². The molecular weight excluding hydrogens is 436 g/mol. The lowest BCUT2D eigenvalue weighted by Crippen LogP contribution is -2.27. The first-order valence-corrected chi connectivity index (χ1v) is 11.2. The Hall–Kier alpha value is -3.71. The van der Waals surface area contributed by atoms with E-state index in [4.69, 9.17) is 11.6 Å². The van der Waals surface area contributed by atoms with E-state index in [1.54, 1.807) is 17.0 Å². The number of H-pyrrole nitrogens is 1. The van der Waals surface area contributed by atoms with Crippen LogP contribution in [-0.2, 0) is 0 Å². The summed E-state index contributed by atoms with van der Waals surface area (Å²) >= 11 is 6.46. The molecule has 0 unspecified atom stereocenters. The van der Waals surface area contributed by atoms with E-state index in [1.807, 2.05) is 48.5 Å². The molecule has 0 aliphatic heterocycles. The molecule has 2 N–H and O–H groups in total. The number of anilines is 1. The van der Waals surface area contributed by atoms with Crippen LogP contribution in [0.2, 0.25) is 5.02 Å². The van der Waals surface area contributed by atoms with Crippen LogP contribution in [0.1, 0.15) is 32.0 Å². The summed E-state index contributed by atoms with van der Waals surface area (Å²) in [6.07, 6.45) is 3.86. The molecule has 5 aromatic rings. The molecule has 2 aromatic carbocycles. The van der Waals surface area contributed by atoms with Crippen LogP contribution in [0.15, 0.2) is 72.0 Å². The number of para-hydroxylation sites is 1. The topological polar surface area (TPSA) is 88.5 Å². The molecule has 0 fully saturated rings. The number of benzene rings is 2. The van der Waals surface area contributed by atoms with Crippen molar-refractivity contribution in [3.8, 4) is 5.69 Å². The van der Waals surface area contributed by atoms with Gasteiger partial charge in [0.15, 0.2) is 11.5 Å². The van der Waals surface area contributed by atoms with Crippen molar-refractivity contribution in [2.24, 2.45) is 5.92 Å². The van der Waals surface area contributed by atoms with Crippen LogP contribution in [0.4, 0.5) is 5.82 Å². The summed E-state index contributed by atoms with van der Waals surface area (Å²) in [4.78, 5) is 29.8. The minimum Gasteiger partial charge on any atom is -0.360 e. The third-order valence-electron chi connectivity index (χ3n) is 5.64. The molecule has 166 valence electrons. The standard InChI is InChI=1S/C25H23ClN6O/c1-15(2)11-19(31-24-22-23(28-13-27-22)29-14-30-24)20-12-16-7-6-10-18(26)21(16)25(33)32(20)17-8-4-3-5-9-17/h3-10,12-15,19H,11H2,1-2H3,(H2,27,28,29,30,31)/t19-/m0/s1. The zero-order chi connectivity index (χ0) is 22.9. The third-order valence-corrected chi connectivity index (χ3v) is 5.95. The van der Waals surface area contributed by atoms with E-state index < -0.39 is 0 Å². The molecule has 3 aromatic heterocycles. The van der Waals surface area contributed by atoms with Crippen molar-refractivity contribution < 1.29 is 0 Å². The van der Waals surface area contributed by atoms with Gasteiger partial charge in [0.1, 0.15) is 11.8 Å². The van der Waals surface area contributed by atoms with Crippen molar-refractivity contribution in [2.75, 3.05) is 5.32 Å². The molecule has 0 aliphatic rings. The highest BCUT2D eigenvalue weighted by atomic mass is 35.5. The Morgan fingerprint density at radius 3 is 2.67 bits per heavy atom. The highest BCUT2D eigenvalue weighted by molar-refractivity contribution is 6.35. The summed E-state index contributed by atoms with van der Waals surface area (Å²) in [5.41, 5.74) is 2.78. The molecule has 8 heteroatoms. The Balaban J connectivity index is 1.76. The minimum atomic E-state index is -0.206. The van der Waals surface area contributed by atoms with Crippen molar-refractivity contribution in [3.63, 3.8) is 0 Å². The SMILES string of the molecule is CC(C)C[C@H](Nc1ncnc2nc[nH]c12)c1cc2cccc(Cl)c2c(=O)n1-c1ccccc1. The highest BCUT2D eigenvalue weighted by Crippen LogP contribution is 2.31. The fraction of sp³-hybridized carbons (Fsp3) is 0.200. The van der Waals surface area contributed by atoms with E-state index in [-0.39, 0.29) is 11.6 Å². The van der Waals surface area contributed by atoms with Gasteiger partial charge in [0, 0.05) is 11.4 Å².